The largest absolute Gasteiger partial charge is 0.545 e. The second-order valence-electron chi connectivity index (χ2n) is 5.35. The molecule has 0 saturated carbocycles. The Morgan fingerprint density at radius 1 is 1.33 bits per heavy atom. The summed E-state index contributed by atoms with van der Waals surface area (Å²) in [4.78, 5) is 25.7. The van der Waals surface area contributed by atoms with E-state index in [4.69, 9.17) is 12.2 Å². The van der Waals surface area contributed by atoms with Crippen LogP contribution in [0.3, 0.4) is 0 Å². The molecule has 3 rings (SSSR count). The lowest BCUT2D eigenvalue weighted by atomic mass is 10.1. The van der Waals surface area contributed by atoms with Gasteiger partial charge in [0.1, 0.15) is 0 Å². The van der Waals surface area contributed by atoms with Crippen molar-refractivity contribution in [3.05, 3.63) is 58.3 Å². The molecule has 0 bridgehead atoms. The number of rotatable bonds is 3. The summed E-state index contributed by atoms with van der Waals surface area (Å²) in [6.07, 6.45) is 3.66. The number of aromatic carboxylic acids is 1. The van der Waals surface area contributed by atoms with E-state index in [2.05, 4.69) is 0 Å². The molecule has 0 spiro atoms. The zero-order valence-electron chi connectivity index (χ0n) is 13.0. The van der Waals surface area contributed by atoms with Gasteiger partial charge < -0.3 is 14.5 Å². The van der Waals surface area contributed by atoms with E-state index in [0.717, 1.165) is 5.69 Å². The number of carbonyl (C=O) groups is 2. The molecule has 1 saturated heterocycles. The summed E-state index contributed by atoms with van der Waals surface area (Å²) in [5.41, 5.74) is 1.93. The van der Waals surface area contributed by atoms with Gasteiger partial charge in [-0.25, -0.2) is 0 Å². The molecule has 1 aromatic carbocycles. The number of nitrogens with zero attached hydrogens (tertiary/aromatic N) is 2. The minimum absolute atomic E-state index is 0.0490. The number of carbonyl (C=O) groups excluding carboxylic acids is 2. The van der Waals surface area contributed by atoms with E-state index < -0.39 is 5.97 Å². The van der Waals surface area contributed by atoms with Gasteiger partial charge in [0.25, 0.3) is 5.91 Å². The minimum atomic E-state index is -1.28. The summed E-state index contributed by atoms with van der Waals surface area (Å²) >= 11 is 6.50. The van der Waals surface area contributed by atoms with Crippen LogP contribution in [0.5, 0.6) is 0 Å². The first-order valence-electron chi connectivity index (χ1n) is 7.10. The fraction of sp³-hybridized carbons (Fsp3) is 0.118. The molecule has 122 valence electrons. The molecule has 0 atom stereocenters. The maximum Gasteiger partial charge on any atom is 0.270 e. The molecular weight excluding hydrogens is 344 g/mol. The standard InChI is InChI=1S/C17H14N2O3S2/c1-10-5-6-12(8-13(10)16(21)22)19-15(20)14(24-17(19)23)9-11-4-3-7-18(11)2/h3-9H,1-2H3,(H,21,22)/p-1/b14-9+. The van der Waals surface area contributed by atoms with E-state index in [-0.39, 0.29) is 11.5 Å². The maximum atomic E-state index is 12.7. The fourth-order valence-corrected chi connectivity index (χ4v) is 3.70. The van der Waals surface area contributed by atoms with Crippen molar-refractivity contribution >= 4 is 51.9 Å². The van der Waals surface area contributed by atoms with E-state index in [1.54, 1.807) is 25.1 Å². The van der Waals surface area contributed by atoms with Crippen LogP contribution in [-0.4, -0.2) is 20.8 Å². The van der Waals surface area contributed by atoms with Crippen LogP contribution in [0.4, 0.5) is 5.69 Å². The molecule has 1 aromatic heterocycles. The Morgan fingerprint density at radius 3 is 2.71 bits per heavy atom. The third-order valence-electron chi connectivity index (χ3n) is 3.76. The van der Waals surface area contributed by atoms with Crippen molar-refractivity contribution in [3.8, 4) is 0 Å². The lowest BCUT2D eigenvalue weighted by molar-refractivity contribution is -0.255. The summed E-state index contributed by atoms with van der Waals surface area (Å²) < 4.78 is 2.26. The Labute approximate surface area is 148 Å². The molecule has 2 aromatic rings. The molecule has 0 radical (unpaired) electrons. The first-order valence-corrected chi connectivity index (χ1v) is 8.32. The molecule has 1 fully saturated rings. The van der Waals surface area contributed by atoms with Crippen molar-refractivity contribution in [1.29, 1.82) is 0 Å². The average molecular weight is 357 g/mol. The highest BCUT2D eigenvalue weighted by Crippen LogP contribution is 2.36. The van der Waals surface area contributed by atoms with Gasteiger partial charge in [0, 0.05) is 24.5 Å². The van der Waals surface area contributed by atoms with Gasteiger partial charge in [0.05, 0.1) is 16.6 Å². The van der Waals surface area contributed by atoms with E-state index in [0.29, 0.717) is 20.5 Å². The van der Waals surface area contributed by atoms with E-state index in [1.807, 2.05) is 29.9 Å². The van der Waals surface area contributed by atoms with Crippen LogP contribution in [0, 0.1) is 6.92 Å². The van der Waals surface area contributed by atoms with Crippen LogP contribution in [-0.2, 0) is 11.8 Å². The van der Waals surface area contributed by atoms with Crippen molar-refractivity contribution in [3.63, 3.8) is 0 Å². The van der Waals surface area contributed by atoms with Gasteiger partial charge in [-0.15, -0.1) is 0 Å². The second-order valence-corrected chi connectivity index (χ2v) is 7.02. The van der Waals surface area contributed by atoms with Gasteiger partial charge in [-0.2, -0.15) is 0 Å². The normalized spacial score (nSPS) is 16.2. The predicted molar refractivity (Wildman–Crippen MR) is 96.6 cm³/mol. The van der Waals surface area contributed by atoms with Crippen LogP contribution >= 0.6 is 24.0 Å². The Hall–Kier alpha value is -2.38. The third kappa shape index (κ3) is 2.88. The van der Waals surface area contributed by atoms with E-state index >= 15 is 0 Å². The molecule has 0 unspecified atom stereocenters. The van der Waals surface area contributed by atoms with Crippen LogP contribution < -0.4 is 10.0 Å². The predicted octanol–water partition coefficient (Wildman–Crippen LogP) is 2.10. The summed E-state index contributed by atoms with van der Waals surface area (Å²) in [7, 11) is 1.89. The van der Waals surface area contributed by atoms with Crippen molar-refractivity contribution in [2.45, 2.75) is 6.92 Å². The van der Waals surface area contributed by atoms with Crippen molar-refractivity contribution in [1.82, 2.24) is 4.57 Å². The smallest absolute Gasteiger partial charge is 0.270 e. The SMILES string of the molecule is Cc1ccc(N2C(=O)/C(=C\c3cccn3C)SC2=S)cc1C(=O)[O-]. The van der Waals surface area contributed by atoms with Gasteiger partial charge in [0.15, 0.2) is 4.32 Å². The maximum absolute atomic E-state index is 12.7. The van der Waals surface area contributed by atoms with Crippen LogP contribution in [0.2, 0.25) is 0 Å². The number of hydrogen-bond acceptors (Lipinski definition) is 5. The van der Waals surface area contributed by atoms with Crippen LogP contribution in [0.25, 0.3) is 6.08 Å². The number of thioether (sulfide) groups is 1. The number of carboxylic acids is 1. The van der Waals surface area contributed by atoms with Crippen molar-refractivity contribution < 1.29 is 14.7 Å². The molecule has 1 aliphatic heterocycles. The number of carboxylic acid groups (broad SMARTS) is 1. The molecule has 0 aliphatic carbocycles. The molecule has 0 N–H and O–H groups in total. The molecular formula is C17H13N2O3S2-. The lowest BCUT2D eigenvalue weighted by Gasteiger charge is -2.17. The number of thiocarbonyl (C=S) groups is 1. The number of anilines is 1. The molecule has 7 heteroatoms. The van der Waals surface area contributed by atoms with E-state index in [1.165, 1.54) is 22.7 Å². The molecule has 24 heavy (non-hydrogen) atoms. The first kappa shape index (κ1) is 16.5. The fourth-order valence-electron chi connectivity index (χ4n) is 2.42. The Bertz CT molecular complexity index is 899. The number of amides is 1. The van der Waals surface area contributed by atoms with Gasteiger partial charge in [-0.3, -0.25) is 9.69 Å². The molecule has 5 nitrogen and oxygen atoms in total. The third-order valence-corrected chi connectivity index (χ3v) is 5.06. The van der Waals surface area contributed by atoms with E-state index in [9.17, 15) is 14.7 Å². The Kier molecular flexibility index (Phi) is 4.29. The van der Waals surface area contributed by atoms with Gasteiger partial charge in [-0.1, -0.05) is 30.0 Å². The minimum Gasteiger partial charge on any atom is -0.545 e. The molecule has 2 heterocycles. The number of aryl methyl sites for hydroxylation is 2. The zero-order chi connectivity index (χ0) is 17.4. The molecule has 1 amide bonds. The monoisotopic (exact) mass is 357 g/mol. The summed E-state index contributed by atoms with van der Waals surface area (Å²) in [6, 6.07) is 8.52. The van der Waals surface area contributed by atoms with Gasteiger partial charge in [0.2, 0.25) is 0 Å². The van der Waals surface area contributed by atoms with Crippen molar-refractivity contribution in [2.75, 3.05) is 4.90 Å². The molecule has 1 aliphatic rings. The topological polar surface area (TPSA) is 65.4 Å². The highest BCUT2D eigenvalue weighted by Gasteiger charge is 2.33. The number of hydrogen-bond donors (Lipinski definition) is 0. The number of aromatic nitrogens is 1. The Balaban J connectivity index is 1.99. The average Bonchev–Trinajstić information content (AvgIpc) is 3.04. The quantitative estimate of drug-likeness (QED) is 0.622. The Morgan fingerprint density at radius 2 is 2.08 bits per heavy atom. The number of benzene rings is 1. The highest BCUT2D eigenvalue weighted by atomic mass is 32.2. The second kappa shape index (κ2) is 6.26. The first-order chi connectivity index (χ1) is 11.4. The van der Waals surface area contributed by atoms with Gasteiger partial charge >= 0.3 is 0 Å². The van der Waals surface area contributed by atoms with Gasteiger partial charge in [-0.05, 0) is 42.8 Å². The summed E-state index contributed by atoms with van der Waals surface area (Å²) in [5.74, 6) is -1.54. The van der Waals surface area contributed by atoms with Crippen LogP contribution in [0.1, 0.15) is 21.6 Å². The van der Waals surface area contributed by atoms with Crippen LogP contribution in [0.15, 0.2) is 41.4 Å². The van der Waals surface area contributed by atoms with Crippen molar-refractivity contribution in [2.24, 2.45) is 7.05 Å². The lowest BCUT2D eigenvalue weighted by Crippen LogP contribution is -2.29. The summed E-state index contributed by atoms with van der Waals surface area (Å²) in [5, 5.41) is 11.2. The summed E-state index contributed by atoms with van der Waals surface area (Å²) in [6.45, 7) is 1.68. The highest BCUT2D eigenvalue weighted by molar-refractivity contribution is 8.27. The zero-order valence-corrected chi connectivity index (χ0v) is 14.6.